The molecule has 20 heavy (non-hydrogen) atoms. The first-order valence-corrected chi connectivity index (χ1v) is 6.56. The highest BCUT2D eigenvalue weighted by Gasteiger charge is 2.18. The minimum atomic E-state index is -2.84. The van der Waals surface area contributed by atoms with Gasteiger partial charge in [0.05, 0.1) is 11.2 Å². The number of ether oxygens (including phenoxy) is 1. The van der Waals surface area contributed by atoms with Gasteiger partial charge in [0, 0.05) is 11.1 Å². The van der Waals surface area contributed by atoms with Gasteiger partial charge >= 0.3 is 6.61 Å². The summed E-state index contributed by atoms with van der Waals surface area (Å²) in [4.78, 5) is 4.61. The lowest BCUT2D eigenvalue weighted by atomic mass is 9.93. The third-order valence-corrected chi connectivity index (χ3v) is 3.60. The number of benzene rings is 1. The highest BCUT2D eigenvalue weighted by molar-refractivity contribution is 5.94. The third kappa shape index (κ3) is 2.27. The van der Waals surface area contributed by atoms with E-state index < -0.39 is 6.61 Å². The molecule has 4 nitrogen and oxygen atoms in total. The van der Waals surface area contributed by atoms with E-state index >= 15 is 0 Å². The maximum atomic E-state index is 12.3. The quantitative estimate of drug-likeness (QED) is 0.670. The number of nitrogens with two attached hydrogens (primary N) is 1. The SMILES string of the molecule is NNc1c2c(nc3ccc(OC(F)F)cc13)CCCC2. The molecule has 1 heterocycles. The lowest BCUT2D eigenvalue weighted by molar-refractivity contribution is -0.0497. The predicted molar refractivity (Wildman–Crippen MR) is 72.8 cm³/mol. The van der Waals surface area contributed by atoms with Gasteiger partial charge < -0.3 is 10.2 Å². The lowest BCUT2D eigenvalue weighted by Gasteiger charge is -2.20. The van der Waals surface area contributed by atoms with Crippen LogP contribution in [0.25, 0.3) is 10.9 Å². The van der Waals surface area contributed by atoms with Crippen molar-refractivity contribution < 1.29 is 13.5 Å². The molecular formula is C14H15F2N3O. The van der Waals surface area contributed by atoms with Crippen LogP contribution in [0.5, 0.6) is 5.75 Å². The highest BCUT2D eigenvalue weighted by Crippen LogP contribution is 2.34. The summed E-state index contributed by atoms with van der Waals surface area (Å²) in [6.45, 7) is -2.84. The predicted octanol–water partition coefficient (Wildman–Crippen LogP) is 3.00. The number of fused-ring (bicyclic) bond motifs is 2. The molecule has 1 aliphatic carbocycles. The summed E-state index contributed by atoms with van der Waals surface area (Å²) >= 11 is 0. The summed E-state index contributed by atoms with van der Waals surface area (Å²) in [6, 6.07) is 4.73. The molecular weight excluding hydrogens is 264 g/mol. The molecule has 6 heteroatoms. The van der Waals surface area contributed by atoms with Crippen molar-refractivity contribution in [3.8, 4) is 5.75 Å². The fourth-order valence-corrected chi connectivity index (χ4v) is 2.74. The topological polar surface area (TPSA) is 60.2 Å². The van der Waals surface area contributed by atoms with E-state index in [0.717, 1.165) is 48.1 Å². The van der Waals surface area contributed by atoms with Crippen molar-refractivity contribution in [1.29, 1.82) is 0 Å². The van der Waals surface area contributed by atoms with E-state index in [-0.39, 0.29) is 5.75 Å². The summed E-state index contributed by atoms with van der Waals surface area (Å²) in [5.41, 5.74) is 6.32. The first-order valence-electron chi connectivity index (χ1n) is 6.56. The molecule has 0 atom stereocenters. The molecule has 106 valence electrons. The van der Waals surface area contributed by atoms with Crippen LogP contribution in [-0.4, -0.2) is 11.6 Å². The zero-order valence-corrected chi connectivity index (χ0v) is 10.8. The van der Waals surface area contributed by atoms with Gasteiger partial charge in [0.15, 0.2) is 0 Å². The second-order valence-electron chi connectivity index (χ2n) is 4.82. The Bertz CT molecular complexity index is 646. The Morgan fingerprint density at radius 1 is 1.25 bits per heavy atom. The van der Waals surface area contributed by atoms with Crippen LogP contribution >= 0.6 is 0 Å². The van der Waals surface area contributed by atoms with Crippen molar-refractivity contribution in [3.05, 3.63) is 29.5 Å². The van der Waals surface area contributed by atoms with Crippen molar-refractivity contribution in [2.75, 3.05) is 5.43 Å². The monoisotopic (exact) mass is 279 g/mol. The van der Waals surface area contributed by atoms with Crippen molar-refractivity contribution in [3.63, 3.8) is 0 Å². The van der Waals surface area contributed by atoms with Crippen LogP contribution in [-0.2, 0) is 12.8 Å². The van der Waals surface area contributed by atoms with Crippen LogP contribution in [0.1, 0.15) is 24.1 Å². The third-order valence-electron chi connectivity index (χ3n) is 3.60. The minimum Gasteiger partial charge on any atom is -0.435 e. The molecule has 3 N–H and O–H groups in total. The average molecular weight is 279 g/mol. The van der Waals surface area contributed by atoms with Gasteiger partial charge in [0.1, 0.15) is 5.75 Å². The van der Waals surface area contributed by atoms with Gasteiger partial charge in [-0.25, -0.2) is 0 Å². The Kier molecular flexibility index (Phi) is 3.40. The zero-order valence-electron chi connectivity index (χ0n) is 10.8. The van der Waals surface area contributed by atoms with E-state index in [2.05, 4.69) is 15.1 Å². The number of hydrogen-bond acceptors (Lipinski definition) is 4. The molecule has 0 fully saturated rings. The van der Waals surface area contributed by atoms with E-state index in [1.165, 1.54) is 6.07 Å². The highest BCUT2D eigenvalue weighted by atomic mass is 19.3. The molecule has 0 saturated heterocycles. The van der Waals surface area contributed by atoms with Gasteiger partial charge in [-0.1, -0.05) is 0 Å². The second-order valence-corrected chi connectivity index (χ2v) is 4.82. The summed E-state index contributed by atoms with van der Waals surface area (Å²) in [5.74, 6) is 5.74. The van der Waals surface area contributed by atoms with Gasteiger partial charge in [-0.15, -0.1) is 0 Å². The number of aryl methyl sites for hydroxylation is 1. The van der Waals surface area contributed by atoms with Gasteiger partial charge in [-0.05, 0) is 49.4 Å². The Hall–Kier alpha value is -1.95. The van der Waals surface area contributed by atoms with Crippen LogP contribution in [0.4, 0.5) is 14.5 Å². The van der Waals surface area contributed by atoms with E-state index in [1.54, 1.807) is 12.1 Å². The fraction of sp³-hybridized carbons (Fsp3) is 0.357. The van der Waals surface area contributed by atoms with Crippen molar-refractivity contribution in [2.45, 2.75) is 32.3 Å². The molecule has 0 bridgehead atoms. The average Bonchev–Trinajstić information content (AvgIpc) is 2.44. The lowest BCUT2D eigenvalue weighted by Crippen LogP contribution is -2.15. The Morgan fingerprint density at radius 2 is 2.05 bits per heavy atom. The number of nitrogens with one attached hydrogen (secondary N) is 1. The summed E-state index contributed by atoms with van der Waals surface area (Å²) < 4.78 is 29.0. The maximum Gasteiger partial charge on any atom is 0.387 e. The first-order chi connectivity index (χ1) is 9.69. The number of nitrogens with zero attached hydrogens (tertiary/aromatic N) is 1. The largest absolute Gasteiger partial charge is 0.435 e. The van der Waals surface area contributed by atoms with Crippen molar-refractivity contribution in [2.24, 2.45) is 5.84 Å². The number of hydrazine groups is 1. The first kappa shape index (κ1) is 13.1. The number of nitrogen functional groups attached to an aromatic ring is 1. The molecule has 0 radical (unpaired) electrons. The Labute approximate surface area is 114 Å². The van der Waals surface area contributed by atoms with Crippen LogP contribution < -0.4 is 16.0 Å². The fourth-order valence-electron chi connectivity index (χ4n) is 2.74. The Morgan fingerprint density at radius 3 is 2.80 bits per heavy atom. The zero-order chi connectivity index (χ0) is 14.1. The molecule has 0 saturated carbocycles. The standard InChI is InChI=1S/C14H15F2N3O/c15-14(16)20-8-5-6-12-10(7-8)13(19-17)9-3-1-2-4-11(9)18-12/h5-7,14H,1-4,17H2,(H,18,19). The number of pyridine rings is 1. The van der Waals surface area contributed by atoms with Crippen LogP contribution in [0.3, 0.4) is 0 Å². The number of rotatable bonds is 3. The Balaban J connectivity index is 2.17. The van der Waals surface area contributed by atoms with Gasteiger partial charge in [-0.3, -0.25) is 10.8 Å². The normalized spacial score (nSPS) is 14.4. The van der Waals surface area contributed by atoms with E-state index in [4.69, 9.17) is 5.84 Å². The summed E-state index contributed by atoms with van der Waals surface area (Å²) in [5, 5.41) is 0.714. The van der Waals surface area contributed by atoms with E-state index in [1.807, 2.05) is 0 Å². The smallest absolute Gasteiger partial charge is 0.387 e. The molecule has 0 spiro atoms. The number of hydrogen-bond donors (Lipinski definition) is 2. The second kappa shape index (κ2) is 5.20. The van der Waals surface area contributed by atoms with Crippen LogP contribution in [0, 0.1) is 0 Å². The number of halogens is 2. The molecule has 1 aliphatic rings. The summed E-state index contributed by atoms with van der Waals surface area (Å²) in [6.07, 6.45) is 4.02. The van der Waals surface area contributed by atoms with E-state index in [0.29, 0.717) is 5.39 Å². The van der Waals surface area contributed by atoms with Crippen LogP contribution in [0.15, 0.2) is 18.2 Å². The molecule has 3 rings (SSSR count). The van der Waals surface area contributed by atoms with Crippen molar-refractivity contribution in [1.82, 2.24) is 4.98 Å². The number of aromatic nitrogens is 1. The molecule has 0 amide bonds. The maximum absolute atomic E-state index is 12.3. The van der Waals surface area contributed by atoms with Crippen LogP contribution in [0.2, 0.25) is 0 Å². The van der Waals surface area contributed by atoms with Gasteiger partial charge in [0.25, 0.3) is 0 Å². The summed E-state index contributed by atoms with van der Waals surface area (Å²) in [7, 11) is 0. The molecule has 0 aliphatic heterocycles. The number of alkyl halides is 2. The molecule has 0 unspecified atom stereocenters. The van der Waals surface area contributed by atoms with Gasteiger partial charge in [-0.2, -0.15) is 8.78 Å². The molecule has 1 aromatic carbocycles. The minimum absolute atomic E-state index is 0.113. The van der Waals surface area contributed by atoms with E-state index in [9.17, 15) is 8.78 Å². The molecule has 1 aromatic heterocycles. The molecule has 2 aromatic rings. The van der Waals surface area contributed by atoms with Gasteiger partial charge in [0.2, 0.25) is 0 Å². The van der Waals surface area contributed by atoms with Crippen molar-refractivity contribution >= 4 is 16.6 Å². The number of anilines is 1.